The lowest BCUT2D eigenvalue weighted by molar-refractivity contribution is -0.119. The number of nitrogens with one attached hydrogen (secondary N) is 1. The van der Waals surface area contributed by atoms with Crippen LogP contribution in [0.1, 0.15) is 30.4 Å². The molecule has 0 saturated heterocycles. The Balaban J connectivity index is 1.64. The molecule has 7 heteroatoms. The van der Waals surface area contributed by atoms with Crippen molar-refractivity contribution >= 4 is 46.2 Å². The van der Waals surface area contributed by atoms with Gasteiger partial charge in [0.1, 0.15) is 5.92 Å². The van der Waals surface area contributed by atoms with Gasteiger partial charge in [0.05, 0.1) is 17.9 Å². The zero-order chi connectivity index (χ0) is 24.9. The van der Waals surface area contributed by atoms with Gasteiger partial charge in [0.15, 0.2) is 0 Å². The van der Waals surface area contributed by atoms with E-state index in [9.17, 15) is 9.59 Å². The summed E-state index contributed by atoms with van der Waals surface area (Å²) in [5, 5.41) is 3.50. The molecule has 0 fully saturated rings. The van der Waals surface area contributed by atoms with E-state index in [2.05, 4.69) is 12.2 Å². The van der Waals surface area contributed by atoms with Gasteiger partial charge in [0, 0.05) is 23.4 Å². The van der Waals surface area contributed by atoms with Gasteiger partial charge >= 0.3 is 0 Å². The van der Waals surface area contributed by atoms with E-state index in [1.54, 1.807) is 24.1 Å². The fourth-order valence-electron chi connectivity index (χ4n) is 4.24. The molecule has 0 bridgehead atoms. The van der Waals surface area contributed by atoms with Crippen molar-refractivity contribution in [2.45, 2.75) is 19.3 Å². The molecule has 1 aliphatic heterocycles. The van der Waals surface area contributed by atoms with Crippen molar-refractivity contribution in [1.82, 2.24) is 4.90 Å². The second-order valence-electron chi connectivity index (χ2n) is 8.72. The number of fused-ring (bicyclic) bond motifs is 1. The fraction of sp³-hybridized carbons (Fsp3) is 0.250. The quantitative estimate of drug-likeness (QED) is 0.426. The van der Waals surface area contributed by atoms with E-state index >= 15 is 0 Å². The third-order valence-corrected chi connectivity index (χ3v) is 6.30. The lowest BCUT2D eigenvalue weighted by atomic mass is 9.90. The lowest BCUT2D eigenvalue weighted by Gasteiger charge is -2.21. The number of nitrogens with zero attached hydrogens (tertiary/aromatic N) is 3. The number of hydrogen-bond donors (Lipinski definition) is 1. The molecule has 3 aromatic carbocycles. The van der Waals surface area contributed by atoms with Crippen LogP contribution in [0.2, 0.25) is 5.02 Å². The Morgan fingerprint density at radius 2 is 1.74 bits per heavy atom. The first kappa shape index (κ1) is 24.6. The fourth-order valence-corrected chi connectivity index (χ4v) is 4.41. The second kappa shape index (κ2) is 10.8. The van der Waals surface area contributed by atoms with E-state index in [1.165, 1.54) is 0 Å². The van der Waals surface area contributed by atoms with Crippen LogP contribution in [0.15, 0.2) is 77.8 Å². The second-order valence-corrected chi connectivity index (χ2v) is 9.16. The van der Waals surface area contributed by atoms with Crippen LogP contribution >= 0.6 is 11.6 Å². The van der Waals surface area contributed by atoms with Crippen LogP contribution in [-0.2, 0) is 9.59 Å². The van der Waals surface area contributed by atoms with E-state index in [1.807, 2.05) is 72.6 Å². The number of carbonyl (C=O) groups excluding carboxylic acids is 2. The first-order valence-corrected chi connectivity index (χ1v) is 12.0. The molecule has 1 N–H and O–H groups in total. The number of halogens is 1. The summed E-state index contributed by atoms with van der Waals surface area (Å²) in [5.74, 6) is -0.661. The van der Waals surface area contributed by atoms with E-state index in [-0.39, 0.29) is 11.8 Å². The molecule has 0 saturated carbocycles. The number of amides is 2. The SMILES string of the molecule is CCCN(C)CC(=O)N(C)c1ccc(N=C(c2ccccc2)C2C(=O)Nc3cc(Cl)ccc32)cc1. The van der Waals surface area contributed by atoms with Gasteiger partial charge in [-0.25, -0.2) is 0 Å². The van der Waals surface area contributed by atoms with Crippen molar-refractivity contribution in [1.29, 1.82) is 0 Å². The summed E-state index contributed by atoms with van der Waals surface area (Å²) < 4.78 is 0. The minimum Gasteiger partial charge on any atom is -0.325 e. The number of likely N-dealkylation sites (N-methyl/N-ethyl adjacent to an activating group) is 2. The van der Waals surface area contributed by atoms with E-state index < -0.39 is 5.92 Å². The molecule has 0 spiro atoms. The Morgan fingerprint density at radius 1 is 1.03 bits per heavy atom. The Labute approximate surface area is 211 Å². The summed E-state index contributed by atoms with van der Waals surface area (Å²) in [6.07, 6.45) is 1.00. The van der Waals surface area contributed by atoms with Crippen molar-refractivity contribution in [2.75, 3.05) is 37.4 Å². The molecule has 4 rings (SSSR count). The predicted octanol–water partition coefficient (Wildman–Crippen LogP) is 5.50. The third kappa shape index (κ3) is 5.61. The van der Waals surface area contributed by atoms with Gasteiger partial charge in [-0.15, -0.1) is 0 Å². The summed E-state index contributed by atoms with van der Waals surface area (Å²) in [5.41, 5.74) is 4.57. The normalized spacial score (nSPS) is 15.2. The van der Waals surface area contributed by atoms with Gasteiger partial charge in [-0.1, -0.05) is 54.9 Å². The van der Waals surface area contributed by atoms with Gasteiger partial charge in [-0.2, -0.15) is 0 Å². The van der Waals surface area contributed by atoms with Crippen molar-refractivity contribution in [3.8, 4) is 0 Å². The number of benzene rings is 3. The highest BCUT2D eigenvalue weighted by Crippen LogP contribution is 2.37. The van der Waals surface area contributed by atoms with E-state index in [4.69, 9.17) is 16.6 Å². The molecule has 1 heterocycles. The van der Waals surface area contributed by atoms with Crippen LogP contribution in [0.3, 0.4) is 0 Å². The molecule has 180 valence electrons. The Bertz CT molecular complexity index is 1240. The van der Waals surface area contributed by atoms with Crippen molar-refractivity contribution < 1.29 is 9.59 Å². The molecular formula is C28H29ClN4O2. The molecule has 1 unspecified atom stereocenters. The molecular weight excluding hydrogens is 460 g/mol. The van der Waals surface area contributed by atoms with Crippen LogP contribution in [0.5, 0.6) is 0 Å². The maximum atomic E-state index is 13.0. The maximum Gasteiger partial charge on any atom is 0.240 e. The summed E-state index contributed by atoms with van der Waals surface area (Å²) in [6.45, 7) is 3.33. The van der Waals surface area contributed by atoms with Crippen molar-refractivity contribution in [3.63, 3.8) is 0 Å². The smallest absolute Gasteiger partial charge is 0.240 e. The largest absolute Gasteiger partial charge is 0.325 e. The van der Waals surface area contributed by atoms with E-state index in [0.29, 0.717) is 28.7 Å². The van der Waals surface area contributed by atoms with Gasteiger partial charge in [0.25, 0.3) is 0 Å². The summed E-state index contributed by atoms with van der Waals surface area (Å²) >= 11 is 6.14. The Hall–Kier alpha value is -3.48. The molecule has 1 aliphatic rings. The topological polar surface area (TPSA) is 65.0 Å². The molecule has 2 amide bonds. The minimum atomic E-state index is -0.553. The monoisotopic (exact) mass is 488 g/mol. The Morgan fingerprint density at radius 3 is 2.43 bits per heavy atom. The average molecular weight is 489 g/mol. The maximum absolute atomic E-state index is 13.0. The first-order valence-electron chi connectivity index (χ1n) is 11.7. The summed E-state index contributed by atoms with van der Waals surface area (Å²) in [6, 6.07) is 22.6. The lowest BCUT2D eigenvalue weighted by Crippen LogP contribution is -2.36. The van der Waals surface area contributed by atoms with Crippen LogP contribution in [0.4, 0.5) is 17.1 Å². The number of hydrogen-bond acceptors (Lipinski definition) is 4. The third-order valence-electron chi connectivity index (χ3n) is 6.06. The van der Waals surface area contributed by atoms with Crippen molar-refractivity contribution in [2.24, 2.45) is 4.99 Å². The van der Waals surface area contributed by atoms with Crippen LogP contribution in [0.25, 0.3) is 0 Å². The highest BCUT2D eigenvalue weighted by atomic mass is 35.5. The average Bonchev–Trinajstić information content (AvgIpc) is 3.17. The van der Waals surface area contributed by atoms with Gasteiger partial charge < -0.3 is 10.2 Å². The predicted molar refractivity (Wildman–Crippen MR) is 143 cm³/mol. The van der Waals surface area contributed by atoms with E-state index in [0.717, 1.165) is 29.8 Å². The molecule has 0 aliphatic carbocycles. The number of anilines is 2. The highest BCUT2D eigenvalue weighted by Gasteiger charge is 2.35. The summed E-state index contributed by atoms with van der Waals surface area (Å²) in [7, 11) is 3.73. The zero-order valence-corrected chi connectivity index (χ0v) is 20.9. The van der Waals surface area contributed by atoms with Gasteiger partial charge in [-0.3, -0.25) is 19.5 Å². The molecule has 6 nitrogen and oxygen atoms in total. The standard InChI is InChI=1S/C28H29ClN4O2/c1-4-16-32(2)18-25(34)33(3)22-13-11-21(12-14-22)30-27(19-8-6-5-7-9-19)26-23-15-10-20(29)17-24(23)31-28(26)35/h5-15,17,26H,4,16,18H2,1-3H3,(H,31,35). The summed E-state index contributed by atoms with van der Waals surface area (Å²) in [4.78, 5) is 34.2. The number of carbonyl (C=O) groups is 2. The molecule has 0 aromatic heterocycles. The van der Waals surface area contributed by atoms with Gasteiger partial charge in [-0.05, 0) is 67.5 Å². The number of rotatable bonds is 8. The highest BCUT2D eigenvalue weighted by molar-refractivity contribution is 6.31. The molecule has 0 radical (unpaired) electrons. The number of aliphatic imine (C=N–C) groups is 1. The van der Waals surface area contributed by atoms with Crippen molar-refractivity contribution in [3.05, 3.63) is 88.9 Å². The first-order chi connectivity index (χ1) is 16.9. The van der Waals surface area contributed by atoms with Crippen LogP contribution in [-0.4, -0.2) is 49.6 Å². The van der Waals surface area contributed by atoms with Crippen LogP contribution < -0.4 is 10.2 Å². The molecule has 35 heavy (non-hydrogen) atoms. The van der Waals surface area contributed by atoms with Gasteiger partial charge in [0.2, 0.25) is 11.8 Å². The van der Waals surface area contributed by atoms with Crippen LogP contribution in [0, 0.1) is 0 Å². The minimum absolute atomic E-state index is 0.0278. The zero-order valence-electron chi connectivity index (χ0n) is 20.2. The molecule has 1 atom stereocenters. The molecule has 3 aromatic rings. The Kier molecular flexibility index (Phi) is 7.63.